The Hall–Kier alpha value is -2.53. The van der Waals surface area contributed by atoms with Crippen LogP contribution in [0.1, 0.15) is 16.1 Å². The molecule has 1 N–H and O–H groups in total. The van der Waals surface area contributed by atoms with Crippen molar-refractivity contribution >= 4 is 28.5 Å². The van der Waals surface area contributed by atoms with Gasteiger partial charge in [0.15, 0.2) is 0 Å². The summed E-state index contributed by atoms with van der Waals surface area (Å²) in [5.74, 6) is -0.716. The summed E-state index contributed by atoms with van der Waals surface area (Å²) in [6.45, 7) is 0.0748. The molecule has 21 heavy (non-hydrogen) atoms. The molecule has 3 aromatic rings. The Labute approximate surface area is 124 Å². The van der Waals surface area contributed by atoms with Crippen LogP contribution in [0.2, 0.25) is 5.02 Å². The lowest BCUT2D eigenvalue weighted by molar-refractivity contribution is 0.0658. The molecule has 5 nitrogen and oxygen atoms in total. The third kappa shape index (κ3) is 2.55. The second kappa shape index (κ2) is 5.46. The zero-order chi connectivity index (χ0) is 14.8. The molecule has 0 aliphatic rings. The van der Waals surface area contributed by atoms with Crippen LogP contribution < -0.4 is 4.74 Å². The lowest BCUT2D eigenvalue weighted by Crippen LogP contribution is -2.03. The quantitative estimate of drug-likeness (QED) is 0.794. The van der Waals surface area contributed by atoms with E-state index >= 15 is 0 Å². The first-order chi connectivity index (χ1) is 10.2. The molecule has 6 heteroatoms. The molecule has 0 saturated carbocycles. The van der Waals surface area contributed by atoms with E-state index < -0.39 is 5.97 Å². The van der Waals surface area contributed by atoms with E-state index in [4.69, 9.17) is 25.9 Å². The van der Waals surface area contributed by atoms with Gasteiger partial charge in [0, 0.05) is 17.1 Å². The van der Waals surface area contributed by atoms with E-state index in [-0.39, 0.29) is 12.4 Å². The van der Waals surface area contributed by atoms with Crippen molar-refractivity contribution in [1.82, 2.24) is 4.98 Å². The van der Waals surface area contributed by atoms with Crippen LogP contribution in [0.25, 0.3) is 10.9 Å². The van der Waals surface area contributed by atoms with Crippen LogP contribution in [0.3, 0.4) is 0 Å². The number of carboxylic acid groups (broad SMARTS) is 1. The third-order valence-electron chi connectivity index (χ3n) is 3.00. The van der Waals surface area contributed by atoms with Gasteiger partial charge in [-0.05, 0) is 30.3 Å². The first-order valence-corrected chi connectivity index (χ1v) is 6.50. The molecular formula is C15H10ClNO4. The summed E-state index contributed by atoms with van der Waals surface area (Å²) in [4.78, 5) is 15.2. The van der Waals surface area contributed by atoms with E-state index in [9.17, 15) is 4.79 Å². The van der Waals surface area contributed by atoms with Crippen molar-refractivity contribution in [3.8, 4) is 5.75 Å². The smallest absolute Gasteiger partial charge is 0.372 e. The fourth-order valence-corrected chi connectivity index (χ4v) is 2.24. The number of ether oxygens (including phenoxy) is 1. The molecular weight excluding hydrogens is 294 g/mol. The Balaban J connectivity index is 1.91. The summed E-state index contributed by atoms with van der Waals surface area (Å²) < 4.78 is 10.6. The Morgan fingerprint density at radius 1 is 1.33 bits per heavy atom. The molecule has 106 valence electrons. The third-order valence-corrected chi connectivity index (χ3v) is 3.33. The number of benzene rings is 1. The summed E-state index contributed by atoms with van der Waals surface area (Å²) in [5, 5.41) is 10.3. The maximum Gasteiger partial charge on any atom is 0.372 e. The van der Waals surface area contributed by atoms with Crippen LogP contribution >= 0.6 is 11.6 Å². The van der Waals surface area contributed by atoms with E-state index in [2.05, 4.69) is 4.98 Å². The molecule has 3 rings (SSSR count). The molecule has 0 fully saturated rings. The number of aromatic carboxylic acids is 1. The van der Waals surface area contributed by atoms with E-state index in [1.54, 1.807) is 30.5 Å². The Bertz CT molecular complexity index is 812. The van der Waals surface area contributed by atoms with Crippen molar-refractivity contribution in [2.45, 2.75) is 6.61 Å². The zero-order valence-corrected chi connectivity index (χ0v) is 11.5. The molecule has 1 aromatic carbocycles. The first-order valence-electron chi connectivity index (χ1n) is 6.12. The van der Waals surface area contributed by atoms with Gasteiger partial charge in [-0.2, -0.15) is 0 Å². The molecule has 0 aliphatic carbocycles. The van der Waals surface area contributed by atoms with Crippen LogP contribution in [0.4, 0.5) is 0 Å². The molecule has 0 atom stereocenters. The summed E-state index contributed by atoms with van der Waals surface area (Å²) in [6.07, 6.45) is 2.96. The predicted molar refractivity (Wildman–Crippen MR) is 76.8 cm³/mol. The average molecular weight is 304 g/mol. The van der Waals surface area contributed by atoms with E-state index in [0.29, 0.717) is 21.9 Å². The standard InChI is InChI=1S/C15H10ClNO4/c16-11-3-4-12(13-10(11)2-1-6-17-13)21-8-9-5-7-20-14(9)15(18)19/h1-7H,8H2,(H,18,19). The molecule has 0 saturated heterocycles. The number of rotatable bonds is 4. The number of carbonyl (C=O) groups is 1. The van der Waals surface area contributed by atoms with Crippen LogP contribution in [0.5, 0.6) is 5.75 Å². The largest absolute Gasteiger partial charge is 0.486 e. The highest BCUT2D eigenvalue weighted by Crippen LogP contribution is 2.30. The minimum absolute atomic E-state index is 0.0748. The van der Waals surface area contributed by atoms with Crippen LogP contribution in [-0.2, 0) is 6.61 Å². The summed E-state index contributed by atoms with van der Waals surface area (Å²) in [7, 11) is 0. The van der Waals surface area contributed by atoms with Crippen molar-refractivity contribution in [1.29, 1.82) is 0 Å². The molecule has 0 radical (unpaired) electrons. The molecule has 0 spiro atoms. The fraction of sp³-hybridized carbons (Fsp3) is 0.0667. The second-order valence-electron chi connectivity index (χ2n) is 4.31. The SMILES string of the molecule is O=C(O)c1occc1COc1ccc(Cl)c2cccnc12. The normalized spacial score (nSPS) is 10.7. The molecule has 0 aliphatic heterocycles. The molecule has 2 aromatic heterocycles. The number of nitrogens with zero attached hydrogens (tertiary/aromatic N) is 1. The highest BCUT2D eigenvalue weighted by Gasteiger charge is 2.15. The maximum absolute atomic E-state index is 11.0. The molecule has 2 heterocycles. The second-order valence-corrected chi connectivity index (χ2v) is 4.72. The zero-order valence-electron chi connectivity index (χ0n) is 10.7. The van der Waals surface area contributed by atoms with Gasteiger partial charge in [-0.1, -0.05) is 11.6 Å². The number of hydrogen-bond acceptors (Lipinski definition) is 4. The Morgan fingerprint density at radius 3 is 3.00 bits per heavy atom. The van der Waals surface area contributed by atoms with Gasteiger partial charge in [0.2, 0.25) is 5.76 Å². The highest BCUT2D eigenvalue weighted by molar-refractivity contribution is 6.35. The number of hydrogen-bond donors (Lipinski definition) is 1. The number of pyridine rings is 1. The van der Waals surface area contributed by atoms with Crippen LogP contribution in [-0.4, -0.2) is 16.1 Å². The van der Waals surface area contributed by atoms with Gasteiger partial charge in [0.1, 0.15) is 17.9 Å². The van der Waals surface area contributed by atoms with E-state index in [1.165, 1.54) is 6.26 Å². The lowest BCUT2D eigenvalue weighted by Gasteiger charge is -2.09. The van der Waals surface area contributed by atoms with Gasteiger partial charge < -0.3 is 14.3 Å². The van der Waals surface area contributed by atoms with Gasteiger partial charge in [0.25, 0.3) is 0 Å². The molecule has 0 unspecified atom stereocenters. The summed E-state index contributed by atoms with van der Waals surface area (Å²) in [6, 6.07) is 8.62. The van der Waals surface area contributed by atoms with E-state index in [1.807, 2.05) is 6.07 Å². The number of aromatic nitrogens is 1. The minimum Gasteiger partial charge on any atom is -0.486 e. The summed E-state index contributed by atoms with van der Waals surface area (Å²) in [5.41, 5.74) is 1.09. The topological polar surface area (TPSA) is 72.6 Å². The predicted octanol–water partition coefficient (Wildman–Crippen LogP) is 3.76. The van der Waals surface area contributed by atoms with Crippen LogP contribution in [0.15, 0.2) is 47.2 Å². The first kappa shape index (κ1) is 13.5. The highest BCUT2D eigenvalue weighted by atomic mass is 35.5. The van der Waals surface area contributed by atoms with Crippen molar-refractivity contribution < 1.29 is 19.1 Å². The molecule has 0 bridgehead atoms. The van der Waals surface area contributed by atoms with Crippen molar-refractivity contribution in [3.05, 3.63) is 59.1 Å². The maximum atomic E-state index is 11.0. The van der Waals surface area contributed by atoms with Gasteiger partial charge >= 0.3 is 5.97 Å². The van der Waals surface area contributed by atoms with Gasteiger partial charge in [-0.15, -0.1) is 0 Å². The number of furan rings is 1. The van der Waals surface area contributed by atoms with Crippen LogP contribution in [0, 0.1) is 0 Å². The number of fused-ring (bicyclic) bond motifs is 1. The van der Waals surface area contributed by atoms with Crippen molar-refractivity contribution in [2.75, 3.05) is 0 Å². The summed E-state index contributed by atoms with van der Waals surface area (Å²) >= 11 is 6.11. The van der Waals surface area contributed by atoms with Gasteiger partial charge in [0.05, 0.1) is 11.3 Å². The van der Waals surface area contributed by atoms with Crippen molar-refractivity contribution in [2.24, 2.45) is 0 Å². The van der Waals surface area contributed by atoms with E-state index in [0.717, 1.165) is 5.39 Å². The molecule has 0 amide bonds. The number of halogens is 1. The monoisotopic (exact) mass is 303 g/mol. The van der Waals surface area contributed by atoms with Crippen molar-refractivity contribution in [3.63, 3.8) is 0 Å². The van der Waals surface area contributed by atoms with Gasteiger partial charge in [-0.25, -0.2) is 4.79 Å². The fourth-order valence-electron chi connectivity index (χ4n) is 2.02. The minimum atomic E-state index is -1.13. The Morgan fingerprint density at radius 2 is 2.19 bits per heavy atom. The Kier molecular flexibility index (Phi) is 3.50. The number of carboxylic acids is 1. The average Bonchev–Trinajstić information content (AvgIpc) is 2.96. The van der Waals surface area contributed by atoms with Gasteiger partial charge in [-0.3, -0.25) is 4.98 Å². The lowest BCUT2D eigenvalue weighted by atomic mass is 10.2.